The van der Waals surface area contributed by atoms with Crippen molar-refractivity contribution in [3.8, 4) is 0 Å². The Morgan fingerprint density at radius 3 is 2.34 bits per heavy atom. The zero-order valence-corrected chi connectivity index (χ0v) is 24.1. The molecule has 0 radical (unpaired) electrons. The van der Waals surface area contributed by atoms with Crippen molar-refractivity contribution in [1.82, 2.24) is 9.62 Å². The van der Waals surface area contributed by atoms with Gasteiger partial charge in [-0.1, -0.05) is 61.3 Å². The Morgan fingerprint density at radius 2 is 1.79 bits per heavy atom. The number of rotatable bonds is 10. The summed E-state index contributed by atoms with van der Waals surface area (Å²) >= 11 is 12.6. The number of hydrogen-bond acceptors (Lipinski definition) is 4. The minimum absolute atomic E-state index is 0.293. The van der Waals surface area contributed by atoms with Crippen LogP contribution in [0.1, 0.15) is 76.0 Å². The molecule has 2 fully saturated rings. The molecule has 2 aromatic rings. The summed E-state index contributed by atoms with van der Waals surface area (Å²) in [7, 11) is -3.52. The van der Waals surface area contributed by atoms with E-state index in [0.717, 1.165) is 11.1 Å². The fraction of sp³-hybridized carbons (Fsp3) is 0.500. The largest absolute Gasteiger partial charge is 0.481 e. The molecule has 5 atom stereocenters. The summed E-state index contributed by atoms with van der Waals surface area (Å²) in [6.07, 6.45) is 1.67. The lowest BCUT2D eigenvalue weighted by atomic mass is 9.66. The summed E-state index contributed by atoms with van der Waals surface area (Å²) in [6.45, 7) is 5.38. The van der Waals surface area contributed by atoms with E-state index >= 15 is 0 Å². The quantitative estimate of drug-likeness (QED) is 0.370. The second kappa shape index (κ2) is 11.2. The van der Waals surface area contributed by atoms with Gasteiger partial charge in [-0.25, -0.2) is 13.1 Å². The number of benzene rings is 2. The molecule has 10 heteroatoms. The number of carbonyl (C=O) groups is 2. The third kappa shape index (κ3) is 6.03. The number of amides is 1. The molecule has 1 saturated carbocycles. The van der Waals surface area contributed by atoms with Crippen molar-refractivity contribution in [1.29, 1.82) is 0 Å². The Balaban J connectivity index is 1.87. The van der Waals surface area contributed by atoms with Gasteiger partial charge in [0.15, 0.2) is 0 Å². The van der Waals surface area contributed by atoms with E-state index in [1.165, 1.54) is 0 Å². The van der Waals surface area contributed by atoms with Crippen LogP contribution < -0.4 is 4.72 Å². The summed E-state index contributed by atoms with van der Waals surface area (Å²) in [6, 6.07) is 13.1. The lowest BCUT2D eigenvalue weighted by Crippen LogP contribution is -2.60. The third-order valence-corrected chi connectivity index (χ3v) is 10.3. The number of nitrogens with one attached hydrogen (secondary N) is 1. The first kappa shape index (κ1) is 28.9. The van der Waals surface area contributed by atoms with Gasteiger partial charge in [-0.05, 0) is 68.0 Å². The van der Waals surface area contributed by atoms with Gasteiger partial charge >= 0.3 is 5.97 Å². The number of halogens is 2. The fourth-order valence-electron chi connectivity index (χ4n) is 5.85. The molecular weight excluding hydrogens is 547 g/mol. The predicted molar refractivity (Wildman–Crippen MR) is 149 cm³/mol. The summed E-state index contributed by atoms with van der Waals surface area (Å²) in [5, 5.41) is 10.5. The Hall–Kier alpha value is -2.13. The molecule has 1 amide bonds. The minimum Gasteiger partial charge on any atom is -0.481 e. The molecule has 38 heavy (non-hydrogen) atoms. The first-order valence-electron chi connectivity index (χ1n) is 12.9. The molecule has 7 nitrogen and oxygen atoms in total. The normalized spacial score (nSPS) is 25.7. The van der Waals surface area contributed by atoms with E-state index < -0.39 is 44.8 Å². The topological polar surface area (TPSA) is 104 Å². The Labute approximate surface area is 234 Å². The van der Waals surface area contributed by atoms with Crippen molar-refractivity contribution in [2.75, 3.05) is 0 Å². The average Bonchev–Trinajstić information content (AvgIpc) is 3.68. The summed E-state index contributed by atoms with van der Waals surface area (Å²) in [5.41, 5.74) is 0.512. The fourth-order valence-corrected chi connectivity index (χ4v) is 7.80. The van der Waals surface area contributed by atoms with Crippen LogP contribution in [0.5, 0.6) is 0 Å². The van der Waals surface area contributed by atoms with Gasteiger partial charge in [-0.3, -0.25) is 9.59 Å². The first-order chi connectivity index (χ1) is 17.9. The number of sulfonamides is 1. The molecule has 2 aromatic carbocycles. The zero-order valence-electron chi connectivity index (χ0n) is 21.7. The molecule has 1 saturated heterocycles. The molecule has 1 aliphatic heterocycles. The minimum atomic E-state index is -3.52. The van der Waals surface area contributed by atoms with Gasteiger partial charge in [-0.2, -0.15) is 0 Å². The highest BCUT2D eigenvalue weighted by molar-refractivity contribution is 7.90. The van der Waals surface area contributed by atoms with Crippen LogP contribution in [0.15, 0.2) is 48.5 Å². The number of likely N-dealkylation sites (tertiary alicyclic amines) is 1. The van der Waals surface area contributed by atoms with Crippen LogP contribution >= 0.6 is 23.2 Å². The second-order valence-corrected chi connectivity index (χ2v) is 13.7. The Bertz CT molecular complexity index is 1300. The molecule has 1 aliphatic carbocycles. The van der Waals surface area contributed by atoms with Crippen LogP contribution in [-0.2, 0) is 19.6 Å². The van der Waals surface area contributed by atoms with Gasteiger partial charge in [0.1, 0.15) is 0 Å². The van der Waals surface area contributed by atoms with E-state index in [-0.39, 0.29) is 18.2 Å². The Kier molecular flexibility index (Phi) is 8.48. The number of piperidine rings is 1. The predicted octanol–water partition coefficient (Wildman–Crippen LogP) is 5.78. The van der Waals surface area contributed by atoms with E-state index in [1.54, 1.807) is 36.9 Å². The summed E-state index contributed by atoms with van der Waals surface area (Å²) < 4.78 is 28.5. The number of hydrogen-bond donors (Lipinski definition) is 2. The van der Waals surface area contributed by atoms with Crippen molar-refractivity contribution in [2.45, 2.75) is 82.2 Å². The molecule has 0 spiro atoms. The van der Waals surface area contributed by atoms with Crippen LogP contribution in [0.25, 0.3) is 0 Å². The SMILES string of the molecule is CC[C@@H](C(C)NS(=O)(=O)C1CC1)N1C(=O)[C@@](C)(CC(=O)O)C[C@H](c2cccc(Cl)c2)[C@H]1c1ccc(Cl)cc1. The summed E-state index contributed by atoms with van der Waals surface area (Å²) in [4.78, 5) is 28.0. The molecule has 4 rings (SSSR count). The van der Waals surface area contributed by atoms with Crippen LogP contribution in [0.3, 0.4) is 0 Å². The van der Waals surface area contributed by atoms with E-state index in [4.69, 9.17) is 23.2 Å². The van der Waals surface area contributed by atoms with Gasteiger partial charge < -0.3 is 10.0 Å². The highest BCUT2D eigenvalue weighted by atomic mass is 35.5. The second-order valence-electron chi connectivity index (χ2n) is 10.8. The first-order valence-corrected chi connectivity index (χ1v) is 15.2. The molecule has 0 aromatic heterocycles. The average molecular weight is 582 g/mol. The smallest absolute Gasteiger partial charge is 0.304 e. The number of nitrogens with zero attached hydrogens (tertiary/aromatic N) is 1. The van der Waals surface area contributed by atoms with Crippen LogP contribution in [-0.4, -0.2) is 47.6 Å². The van der Waals surface area contributed by atoms with E-state index in [2.05, 4.69) is 4.72 Å². The van der Waals surface area contributed by atoms with Gasteiger partial charge in [0.2, 0.25) is 15.9 Å². The van der Waals surface area contributed by atoms with E-state index in [0.29, 0.717) is 35.7 Å². The molecule has 1 heterocycles. The van der Waals surface area contributed by atoms with Crippen molar-refractivity contribution in [3.63, 3.8) is 0 Å². The van der Waals surface area contributed by atoms with Gasteiger partial charge in [0.05, 0.1) is 23.1 Å². The lowest BCUT2D eigenvalue weighted by molar-refractivity contribution is -0.161. The molecule has 2 aliphatic rings. The maximum atomic E-state index is 14.3. The van der Waals surface area contributed by atoms with Crippen molar-refractivity contribution < 1.29 is 23.1 Å². The highest BCUT2D eigenvalue weighted by Crippen LogP contribution is 2.52. The van der Waals surface area contributed by atoms with Crippen molar-refractivity contribution in [2.24, 2.45) is 5.41 Å². The van der Waals surface area contributed by atoms with E-state index in [1.807, 2.05) is 37.3 Å². The van der Waals surface area contributed by atoms with Crippen LogP contribution in [0, 0.1) is 5.41 Å². The number of carbonyl (C=O) groups excluding carboxylic acids is 1. The maximum Gasteiger partial charge on any atom is 0.304 e. The van der Waals surface area contributed by atoms with Crippen LogP contribution in [0.4, 0.5) is 0 Å². The van der Waals surface area contributed by atoms with Crippen LogP contribution in [0.2, 0.25) is 10.0 Å². The Morgan fingerprint density at radius 1 is 1.13 bits per heavy atom. The molecular formula is C28H34Cl2N2O5S. The molecule has 2 N–H and O–H groups in total. The van der Waals surface area contributed by atoms with E-state index in [9.17, 15) is 23.1 Å². The van der Waals surface area contributed by atoms with Crippen molar-refractivity contribution >= 4 is 45.1 Å². The lowest BCUT2D eigenvalue weighted by Gasteiger charge is -2.53. The van der Waals surface area contributed by atoms with Gasteiger partial charge in [-0.15, -0.1) is 0 Å². The highest BCUT2D eigenvalue weighted by Gasteiger charge is 2.53. The number of aliphatic carboxylic acids is 1. The third-order valence-electron chi connectivity index (χ3n) is 7.80. The van der Waals surface area contributed by atoms with Gasteiger partial charge in [0, 0.05) is 28.0 Å². The summed E-state index contributed by atoms with van der Waals surface area (Å²) in [5.74, 6) is -1.66. The van der Waals surface area contributed by atoms with Gasteiger partial charge in [0.25, 0.3) is 0 Å². The monoisotopic (exact) mass is 580 g/mol. The number of carboxylic acids is 1. The molecule has 1 unspecified atom stereocenters. The standard InChI is InChI=1S/C28H34Cl2N2O5S/c1-4-24(17(2)31-38(36,37)22-12-13-22)32-26(18-8-10-20(29)11-9-18)23(19-6-5-7-21(30)14-19)15-28(3,27(32)35)16-25(33)34/h5-11,14,17,22-24,26,31H,4,12-13,15-16H2,1-3H3,(H,33,34)/t17?,23-,24+,26-,28-/m1/s1. The molecule has 206 valence electrons. The zero-order chi connectivity index (χ0) is 27.8. The number of carboxylic acid groups (broad SMARTS) is 1. The van der Waals surface area contributed by atoms with Crippen molar-refractivity contribution in [3.05, 3.63) is 69.7 Å². The molecule has 0 bridgehead atoms. The maximum absolute atomic E-state index is 14.3.